The maximum Gasteiger partial charge on any atom is 0.0630 e. The molecule has 0 saturated heterocycles. The van der Waals surface area contributed by atoms with Gasteiger partial charge in [-0.2, -0.15) is 0 Å². The second kappa shape index (κ2) is 4.63. The van der Waals surface area contributed by atoms with Crippen LogP contribution in [0.25, 0.3) is 6.08 Å². The van der Waals surface area contributed by atoms with E-state index in [-0.39, 0.29) is 0 Å². The molecule has 12 heavy (non-hydrogen) atoms. The maximum absolute atomic E-state index is 5.63. The lowest BCUT2D eigenvalue weighted by atomic mass is 10.2. The van der Waals surface area contributed by atoms with Crippen molar-refractivity contribution in [2.24, 2.45) is 0 Å². The molecule has 1 nitrogen and oxygen atoms in total. The van der Waals surface area contributed by atoms with Crippen molar-refractivity contribution in [2.75, 3.05) is 5.88 Å². The molecule has 0 aliphatic carbocycles. The molecular formula is C9H9BrClN. The highest BCUT2D eigenvalue weighted by molar-refractivity contribution is 9.10. The van der Waals surface area contributed by atoms with Crippen LogP contribution in [-0.2, 0) is 0 Å². The zero-order valence-electron chi connectivity index (χ0n) is 6.72. The minimum Gasteiger partial charge on any atom is -0.256 e. The molecule has 1 heterocycles. The first-order valence-corrected chi connectivity index (χ1v) is 4.90. The molecule has 0 unspecified atom stereocenters. The van der Waals surface area contributed by atoms with Gasteiger partial charge in [0.2, 0.25) is 0 Å². The van der Waals surface area contributed by atoms with E-state index < -0.39 is 0 Å². The topological polar surface area (TPSA) is 12.9 Å². The Kier molecular flexibility index (Phi) is 3.76. The lowest BCUT2D eigenvalue weighted by molar-refractivity contribution is 1.26. The maximum atomic E-state index is 5.63. The van der Waals surface area contributed by atoms with E-state index in [9.17, 15) is 0 Å². The Balaban J connectivity index is 2.84. The fourth-order valence-electron chi connectivity index (χ4n) is 0.764. The van der Waals surface area contributed by atoms with E-state index in [4.69, 9.17) is 11.6 Å². The van der Waals surface area contributed by atoms with Crippen LogP contribution in [0, 0.1) is 0 Å². The molecule has 0 radical (unpaired) electrons. The number of hydrogen-bond acceptors (Lipinski definition) is 1. The Hall–Kier alpha value is -0.340. The van der Waals surface area contributed by atoms with Crippen molar-refractivity contribution >= 4 is 33.6 Å². The molecule has 0 spiro atoms. The van der Waals surface area contributed by atoms with E-state index in [0.717, 1.165) is 15.7 Å². The highest BCUT2D eigenvalue weighted by Crippen LogP contribution is 2.10. The SMILES string of the molecule is C/C(=C/c1ccc(Br)cn1)CCl. The van der Waals surface area contributed by atoms with Crippen molar-refractivity contribution in [1.29, 1.82) is 0 Å². The second-order valence-corrected chi connectivity index (χ2v) is 3.71. The molecule has 0 amide bonds. The standard InChI is InChI=1S/C9H9BrClN/c1-7(5-11)4-9-3-2-8(10)6-12-9/h2-4,6H,5H2,1H3/b7-4-. The van der Waals surface area contributed by atoms with Gasteiger partial charge in [0.15, 0.2) is 0 Å². The minimum atomic E-state index is 0.553. The predicted octanol–water partition coefficient (Wildman–Crippen LogP) is 3.49. The summed E-state index contributed by atoms with van der Waals surface area (Å²) in [5.74, 6) is 0.553. The number of pyridine rings is 1. The minimum absolute atomic E-state index is 0.553. The summed E-state index contributed by atoms with van der Waals surface area (Å²) in [6.45, 7) is 1.98. The van der Waals surface area contributed by atoms with E-state index in [2.05, 4.69) is 20.9 Å². The summed E-state index contributed by atoms with van der Waals surface area (Å²) in [5.41, 5.74) is 2.06. The highest BCUT2D eigenvalue weighted by Gasteiger charge is 1.91. The van der Waals surface area contributed by atoms with Crippen LogP contribution in [0.4, 0.5) is 0 Å². The van der Waals surface area contributed by atoms with E-state index in [1.54, 1.807) is 6.20 Å². The van der Waals surface area contributed by atoms with E-state index in [1.807, 2.05) is 25.1 Å². The monoisotopic (exact) mass is 245 g/mol. The normalized spacial score (nSPS) is 11.8. The molecule has 0 aromatic carbocycles. The molecular weight excluding hydrogens is 237 g/mol. The van der Waals surface area contributed by atoms with Crippen molar-refractivity contribution in [3.8, 4) is 0 Å². The predicted molar refractivity (Wildman–Crippen MR) is 56.3 cm³/mol. The molecule has 3 heteroatoms. The molecule has 0 atom stereocenters. The molecule has 0 bridgehead atoms. The summed E-state index contributed by atoms with van der Waals surface area (Å²) >= 11 is 8.95. The first-order chi connectivity index (χ1) is 5.72. The average Bonchev–Trinajstić information content (AvgIpc) is 2.09. The molecule has 1 aromatic rings. The van der Waals surface area contributed by atoms with E-state index >= 15 is 0 Å². The Morgan fingerprint density at radius 3 is 2.92 bits per heavy atom. The zero-order valence-corrected chi connectivity index (χ0v) is 9.06. The highest BCUT2D eigenvalue weighted by atomic mass is 79.9. The summed E-state index contributed by atoms with van der Waals surface area (Å²) in [6, 6.07) is 3.90. The number of allylic oxidation sites excluding steroid dienone is 1. The van der Waals surface area contributed by atoms with Gasteiger partial charge in [0.05, 0.1) is 5.69 Å². The summed E-state index contributed by atoms with van der Waals surface area (Å²) in [4.78, 5) is 4.18. The Bertz CT molecular complexity index is 279. The van der Waals surface area contributed by atoms with Gasteiger partial charge < -0.3 is 0 Å². The van der Waals surface area contributed by atoms with Crippen molar-refractivity contribution < 1.29 is 0 Å². The third-order valence-corrected chi connectivity index (χ3v) is 2.25. The van der Waals surface area contributed by atoms with Gasteiger partial charge in [0, 0.05) is 16.5 Å². The van der Waals surface area contributed by atoms with Crippen LogP contribution in [0.1, 0.15) is 12.6 Å². The van der Waals surface area contributed by atoms with Crippen LogP contribution < -0.4 is 0 Å². The zero-order chi connectivity index (χ0) is 8.97. The van der Waals surface area contributed by atoms with Gasteiger partial charge in [0.1, 0.15) is 0 Å². The van der Waals surface area contributed by atoms with Crippen LogP contribution in [-0.4, -0.2) is 10.9 Å². The fourth-order valence-corrected chi connectivity index (χ4v) is 1.08. The number of hydrogen-bond donors (Lipinski definition) is 0. The lowest BCUT2D eigenvalue weighted by Crippen LogP contribution is -1.82. The first-order valence-electron chi connectivity index (χ1n) is 3.57. The number of halogens is 2. The van der Waals surface area contributed by atoms with Crippen LogP contribution in [0.5, 0.6) is 0 Å². The molecule has 0 aliphatic rings. The van der Waals surface area contributed by atoms with Gasteiger partial charge in [-0.25, -0.2) is 0 Å². The van der Waals surface area contributed by atoms with Gasteiger partial charge in [-0.15, -0.1) is 11.6 Å². The summed E-state index contributed by atoms with van der Waals surface area (Å²) in [6.07, 6.45) is 3.74. The number of nitrogens with zero attached hydrogens (tertiary/aromatic N) is 1. The summed E-state index contributed by atoms with van der Waals surface area (Å²) in [5, 5.41) is 0. The van der Waals surface area contributed by atoms with Crippen molar-refractivity contribution in [1.82, 2.24) is 4.98 Å². The van der Waals surface area contributed by atoms with Gasteiger partial charge in [0.25, 0.3) is 0 Å². The Morgan fingerprint density at radius 2 is 2.42 bits per heavy atom. The fraction of sp³-hybridized carbons (Fsp3) is 0.222. The summed E-state index contributed by atoms with van der Waals surface area (Å²) in [7, 11) is 0. The first kappa shape index (κ1) is 9.75. The molecule has 0 saturated carbocycles. The molecule has 0 fully saturated rings. The van der Waals surface area contributed by atoms with Crippen LogP contribution in [0.15, 0.2) is 28.4 Å². The summed E-state index contributed by atoms with van der Waals surface area (Å²) < 4.78 is 0.989. The van der Waals surface area contributed by atoms with Gasteiger partial charge in [-0.3, -0.25) is 4.98 Å². The van der Waals surface area contributed by atoms with Crippen LogP contribution >= 0.6 is 27.5 Å². The van der Waals surface area contributed by atoms with Crippen molar-refractivity contribution in [2.45, 2.75) is 6.92 Å². The quantitative estimate of drug-likeness (QED) is 0.728. The average molecular weight is 247 g/mol. The van der Waals surface area contributed by atoms with E-state index in [0.29, 0.717) is 5.88 Å². The van der Waals surface area contributed by atoms with Gasteiger partial charge >= 0.3 is 0 Å². The van der Waals surface area contributed by atoms with Crippen molar-refractivity contribution in [3.63, 3.8) is 0 Å². The lowest BCUT2D eigenvalue weighted by Gasteiger charge is -1.95. The Morgan fingerprint density at radius 1 is 1.67 bits per heavy atom. The molecule has 1 rings (SSSR count). The second-order valence-electron chi connectivity index (χ2n) is 2.53. The largest absolute Gasteiger partial charge is 0.256 e. The van der Waals surface area contributed by atoms with E-state index in [1.165, 1.54) is 0 Å². The number of aromatic nitrogens is 1. The van der Waals surface area contributed by atoms with Gasteiger partial charge in [-0.05, 0) is 41.1 Å². The third kappa shape index (κ3) is 2.95. The molecule has 1 aromatic heterocycles. The van der Waals surface area contributed by atoms with Gasteiger partial charge in [-0.1, -0.05) is 5.57 Å². The molecule has 0 aliphatic heterocycles. The Labute approximate surface area is 85.6 Å². The van der Waals surface area contributed by atoms with Crippen molar-refractivity contribution in [3.05, 3.63) is 34.1 Å². The third-order valence-electron chi connectivity index (χ3n) is 1.36. The molecule has 0 N–H and O–H groups in total. The number of rotatable bonds is 2. The smallest absolute Gasteiger partial charge is 0.0630 e. The number of alkyl halides is 1. The van der Waals surface area contributed by atoms with Crippen LogP contribution in [0.2, 0.25) is 0 Å². The molecule has 64 valence electrons. The van der Waals surface area contributed by atoms with Crippen LogP contribution in [0.3, 0.4) is 0 Å².